The Hall–Kier alpha value is -3.27. The van der Waals surface area contributed by atoms with Crippen molar-refractivity contribution in [3.8, 4) is 5.75 Å². The second kappa shape index (κ2) is 8.21. The van der Waals surface area contributed by atoms with Gasteiger partial charge in [-0.1, -0.05) is 24.3 Å². The number of hydrogen-bond donors (Lipinski definition) is 2. The maximum atomic E-state index is 12.0. The molecule has 0 radical (unpaired) electrons. The standard InChI is InChI=1S/C22H22N2O2/c1-16-12-17(2)14-20(13-16)23-18-8-10-19(11-9-18)24-22(25)15-26-21-6-4-3-5-7-21/h3-14,23H,15H2,1-2H3,(H,24,25). The van der Waals surface area contributed by atoms with Crippen LogP contribution in [0, 0.1) is 13.8 Å². The van der Waals surface area contributed by atoms with E-state index in [0.29, 0.717) is 5.75 Å². The van der Waals surface area contributed by atoms with Gasteiger partial charge in [-0.3, -0.25) is 4.79 Å². The van der Waals surface area contributed by atoms with Crippen molar-refractivity contribution in [2.45, 2.75) is 13.8 Å². The zero-order chi connectivity index (χ0) is 18.4. The molecule has 0 spiro atoms. The number of carbonyl (C=O) groups excluding carboxylic acids is 1. The number of aryl methyl sites for hydroxylation is 2. The van der Waals surface area contributed by atoms with Crippen LogP contribution < -0.4 is 15.4 Å². The van der Waals surface area contributed by atoms with Crippen LogP contribution in [0.4, 0.5) is 17.1 Å². The topological polar surface area (TPSA) is 50.4 Å². The molecule has 4 nitrogen and oxygen atoms in total. The second-order valence-corrected chi connectivity index (χ2v) is 6.23. The van der Waals surface area contributed by atoms with Gasteiger partial charge in [-0.15, -0.1) is 0 Å². The van der Waals surface area contributed by atoms with E-state index in [1.807, 2.05) is 54.6 Å². The van der Waals surface area contributed by atoms with Crippen molar-refractivity contribution in [1.82, 2.24) is 0 Å². The van der Waals surface area contributed by atoms with Gasteiger partial charge in [0, 0.05) is 17.1 Å². The molecule has 0 aliphatic heterocycles. The molecule has 0 aliphatic rings. The highest BCUT2D eigenvalue weighted by Gasteiger charge is 2.04. The Morgan fingerprint density at radius 3 is 2.08 bits per heavy atom. The lowest BCUT2D eigenvalue weighted by Crippen LogP contribution is -2.20. The Morgan fingerprint density at radius 1 is 0.808 bits per heavy atom. The molecule has 0 saturated heterocycles. The summed E-state index contributed by atoms with van der Waals surface area (Å²) in [7, 11) is 0. The van der Waals surface area contributed by atoms with Crippen molar-refractivity contribution in [3.05, 3.63) is 83.9 Å². The van der Waals surface area contributed by atoms with Gasteiger partial charge in [0.15, 0.2) is 6.61 Å². The van der Waals surface area contributed by atoms with Crippen molar-refractivity contribution in [2.75, 3.05) is 17.2 Å². The van der Waals surface area contributed by atoms with Crippen LogP contribution in [0.1, 0.15) is 11.1 Å². The van der Waals surface area contributed by atoms with E-state index in [-0.39, 0.29) is 12.5 Å². The lowest BCUT2D eigenvalue weighted by atomic mass is 10.1. The van der Waals surface area contributed by atoms with E-state index < -0.39 is 0 Å². The van der Waals surface area contributed by atoms with Crippen LogP contribution >= 0.6 is 0 Å². The summed E-state index contributed by atoms with van der Waals surface area (Å²) in [5.74, 6) is 0.486. The number of hydrogen-bond acceptors (Lipinski definition) is 3. The molecular formula is C22H22N2O2. The Labute approximate surface area is 153 Å². The molecule has 0 heterocycles. The number of para-hydroxylation sites is 1. The summed E-state index contributed by atoms with van der Waals surface area (Å²) in [6, 6.07) is 23.2. The molecule has 2 N–H and O–H groups in total. The van der Waals surface area contributed by atoms with Gasteiger partial charge < -0.3 is 15.4 Å². The third kappa shape index (κ3) is 5.11. The largest absolute Gasteiger partial charge is 0.484 e. The highest BCUT2D eigenvalue weighted by Crippen LogP contribution is 2.21. The Morgan fingerprint density at radius 2 is 1.42 bits per heavy atom. The molecule has 26 heavy (non-hydrogen) atoms. The predicted molar refractivity (Wildman–Crippen MR) is 106 cm³/mol. The fourth-order valence-electron chi connectivity index (χ4n) is 2.71. The summed E-state index contributed by atoms with van der Waals surface area (Å²) in [4.78, 5) is 12.0. The van der Waals surface area contributed by atoms with Crippen molar-refractivity contribution >= 4 is 23.0 Å². The first kappa shape index (κ1) is 17.5. The van der Waals surface area contributed by atoms with E-state index in [1.165, 1.54) is 11.1 Å². The summed E-state index contributed by atoms with van der Waals surface area (Å²) >= 11 is 0. The van der Waals surface area contributed by atoms with Gasteiger partial charge in [-0.05, 0) is 73.5 Å². The average Bonchev–Trinajstić information content (AvgIpc) is 2.62. The van der Waals surface area contributed by atoms with Crippen molar-refractivity contribution in [2.24, 2.45) is 0 Å². The smallest absolute Gasteiger partial charge is 0.262 e. The molecule has 0 saturated carbocycles. The molecule has 0 atom stereocenters. The molecule has 0 fully saturated rings. The minimum Gasteiger partial charge on any atom is -0.484 e. The molecule has 1 amide bonds. The maximum absolute atomic E-state index is 12.0. The number of nitrogens with one attached hydrogen (secondary N) is 2. The molecule has 0 aromatic heterocycles. The minimum atomic E-state index is -0.191. The summed E-state index contributed by atoms with van der Waals surface area (Å²) in [5, 5.41) is 6.21. The van der Waals surface area contributed by atoms with Crippen molar-refractivity contribution in [3.63, 3.8) is 0 Å². The molecule has 0 aliphatic carbocycles. The molecule has 3 rings (SSSR count). The molecule has 0 unspecified atom stereocenters. The third-order valence-electron chi connectivity index (χ3n) is 3.79. The molecule has 132 valence electrons. The lowest BCUT2D eigenvalue weighted by molar-refractivity contribution is -0.118. The van der Waals surface area contributed by atoms with Crippen LogP contribution in [-0.4, -0.2) is 12.5 Å². The van der Waals surface area contributed by atoms with Crippen LogP contribution in [0.3, 0.4) is 0 Å². The predicted octanol–water partition coefficient (Wildman–Crippen LogP) is 5.06. The first-order chi connectivity index (χ1) is 12.6. The Bertz CT molecular complexity index is 854. The van der Waals surface area contributed by atoms with E-state index in [1.54, 1.807) is 0 Å². The van der Waals surface area contributed by atoms with Crippen LogP contribution in [0.15, 0.2) is 72.8 Å². The summed E-state index contributed by atoms with van der Waals surface area (Å²) in [5.41, 5.74) is 5.19. The number of anilines is 3. The van der Waals surface area contributed by atoms with Gasteiger partial charge in [0.25, 0.3) is 5.91 Å². The SMILES string of the molecule is Cc1cc(C)cc(Nc2ccc(NC(=O)COc3ccccc3)cc2)c1. The van der Waals surface area contributed by atoms with Gasteiger partial charge in [-0.2, -0.15) is 0 Å². The number of amides is 1. The van der Waals surface area contributed by atoms with Gasteiger partial charge >= 0.3 is 0 Å². The number of carbonyl (C=O) groups is 1. The summed E-state index contributed by atoms with van der Waals surface area (Å²) < 4.78 is 5.44. The van der Waals surface area contributed by atoms with E-state index in [4.69, 9.17) is 4.74 Å². The maximum Gasteiger partial charge on any atom is 0.262 e. The first-order valence-corrected chi connectivity index (χ1v) is 8.51. The van der Waals surface area contributed by atoms with E-state index >= 15 is 0 Å². The van der Waals surface area contributed by atoms with E-state index in [0.717, 1.165) is 17.1 Å². The number of ether oxygens (including phenoxy) is 1. The van der Waals surface area contributed by atoms with Crippen molar-refractivity contribution in [1.29, 1.82) is 0 Å². The van der Waals surface area contributed by atoms with Gasteiger partial charge in [0.2, 0.25) is 0 Å². The normalized spacial score (nSPS) is 10.2. The van der Waals surface area contributed by atoms with Gasteiger partial charge in [-0.25, -0.2) is 0 Å². The third-order valence-corrected chi connectivity index (χ3v) is 3.79. The molecule has 3 aromatic rings. The Kier molecular flexibility index (Phi) is 5.54. The molecular weight excluding hydrogens is 324 g/mol. The zero-order valence-corrected chi connectivity index (χ0v) is 15.0. The van der Waals surface area contributed by atoms with Crippen LogP contribution in [0.25, 0.3) is 0 Å². The monoisotopic (exact) mass is 346 g/mol. The second-order valence-electron chi connectivity index (χ2n) is 6.23. The van der Waals surface area contributed by atoms with E-state index in [2.05, 4.69) is 42.7 Å². The lowest BCUT2D eigenvalue weighted by Gasteiger charge is -2.10. The number of benzene rings is 3. The summed E-state index contributed by atoms with van der Waals surface area (Å²) in [6.07, 6.45) is 0. The fraction of sp³-hybridized carbons (Fsp3) is 0.136. The number of rotatable bonds is 6. The highest BCUT2D eigenvalue weighted by molar-refractivity contribution is 5.92. The zero-order valence-electron chi connectivity index (χ0n) is 15.0. The van der Waals surface area contributed by atoms with Crippen LogP contribution in [0.2, 0.25) is 0 Å². The van der Waals surface area contributed by atoms with Crippen molar-refractivity contribution < 1.29 is 9.53 Å². The van der Waals surface area contributed by atoms with E-state index in [9.17, 15) is 4.79 Å². The fourth-order valence-corrected chi connectivity index (χ4v) is 2.71. The quantitative estimate of drug-likeness (QED) is 0.655. The Balaban J connectivity index is 1.54. The minimum absolute atomic E-state index is 0.0212. The highest BCUT2D eigenvalue weighted by atomic mass is 16.5. The average molecular weight is 346 g/mol. The van der Waals surface area contributed by atoms with Crippen LogP contribution in [0.5, 0.6) is 5.75 Å². The van der Waals surface area contributed by atoms with Crippen LogP contribution in [-0.2, 0) is 4.79 Å². The molecule has 0 bridgehead atoms. The van der Waals surface area contributed by atoms with Gasteiger partial charge in [0.1, 0.15) is 5.75 Å². The molecule has 4 heteroatoms. The first-order valence-electron chi connectivity index (χ1n) is 8.51. The molecule has 3 aromatic carbocycles. The van der Waals surface area contributed by atoms with Gasteiger partial charge in [0.05, 0.1) is 0 Å². The summed E-state index contributed by atoms with van der Waals surface area (Å²) in [6.45, 7) is 4.13.